The first-order valence-electron chi connectivity index (χ1n) is 19.7. The molecular weight excluding hydrogens is 780 g/mol. The van der Waals surface area contributed by atoms with Gasteiger partial charge >= 0.3 is 0 Å². The monoisotopic (exact) mass is 844 g/mol. The van der Waals surface area contributed by atoms with Crippen molar-refractivity contribution in [2.24, 2.45) is 5.73 Å². The largest absolute Gasteiger partial charge is 0.394 e. The molecule has 0 aliphatic carbocycles. The Bertz CT molecular complexity index is 1220. The molecule has 16 atom stereocenters. The second kappa shape index (κ2) is 25.6. The summed E-state index contributed by atoms with van der Waals surface area (Å²) >= 11 is 0. The molecule has 3 fully saturated rings. The smallest absolute Gasteiger partial charge is 0.234 e. The number of carbonyl (C=O) groups is 3. The van der Waals surface area contributed by atoms with Gasteiger partial charge in [0.05, 0.1) is 32.5 Å². The van der Waals surface area contributed by atoms with Crippen molar-refractivity contribution in [1.82, 2.24) is 16.2 Å². The van der Waals surface area contributed by atoms with Crippen molar-refractivity contribution in [2.45, 2.75) is 163 Å². The molecule has 0 aromatic carbocycles. The van der Waals surface area contributed by atoms with Crippen LogP contribution in [0.2, 0.25) is 0 Å². The summed E-state index contributed by atoms with van der Waals surface area (Å²) in [4.78, 5) is 36.4. The molecule has 0 bridgehead atoms. The summed E-state index contributed by atoms with van der Waals surface area (Å²) in [5, 5.41) is 105. The van der Waals surface area contributed by atoms with Gasteiger partial charge < -0.3 is 90.5 Å². The van der Waals surface area contributed by atoms with Crippen molar-refractivity contribution in [1.29, 1.82) is 0 Å². The third-order valence-corrected chi connectivity index (χ3v) is 10.1. The Morgan fingerprint density at radius 2 is 1.19 bits per heavy atom. The number of nitrogens with two attached hydrogens (primary N) is 1. The van der Waals surface area contributed by atoms with E-state index in [2.05, 4.69) is 16.2 Å². The first-order chi connectivity index (χ1) is 27.6. The number of hydrazine groups is 1. The summed E-state index contributed by atoms with van der Waals surface area (Å²) < 4.78 is 33.3. The van der Waals surface area contributed by atoms with E-state index in [-0.39, 0.29) is 43.6 Å². The SMILES string of the molecule is CC(=O)[C@H](CCCCN)NNC(=O)CCCCCCC(=O)NCCO[C@H]1O[C@H](CO[C@H]2O[C@H](CO)[C@@H](O)[C@H](O)[C@@H]2O)[C@@H](O)[C@H](O[C@H]2O[C@H](CO)[C@@H](O)[C@H](O)[C@@H]2O)[C@@H]1O. The number of unbranched alkanes of at least 4 members (excludes halogenated alkanes) is 4. The predicted octanol–water partition coefficient (Wildman–Crippen LogP) is -6.38. The average Bonchev–Trinajstić information content (AvgIpc) is 3.20. The number of aliphatic hydroxyl groups is 10. The van der Waals surface area contributed by atoms with Crippen molar-refractivity contribution in [3.63, 3.8) is 0 Å². The second-order valence-electron chi connectivity index (χ2n) is 14.6. The molecule has 23 nitrogen and oxygen atoms in total. The number of carbonyl (C=O) groups excluding carboxylic acids is 3. The molecule has 23 heteroatoms. The van der Waals surface area contributed by atoms with E-state index in [0.29, 0.717) is 38.6 Å². The summed E-state index contributed by atoms with van der Waals surface area (Å²) in [6.07, 6.45) is -20.1. The molecule has 338 valence electrons. The van der Waals surface area contributed by atoms with Gasteiger partial charge in [-0.25, -0.2) is 5.43 Å². The summed E-state index contributed by atoms with van der Waals surface area (Å²) in [6.45, 7) is -0.433. The maximum atomic E-state index is 12.4. The molecule has 0 aromatic rings. The highest BCUT2D eigenvalue weighted by Crippen LogP contribution is 2.31. The van der Waals surface area contributed by atoms with Crippen LogP contribution >= 0.6 is 0 Å². The highest BCUT2D eigenvalue weighted by molar-refractivity contribution is 5.82. The Balaban J connectivity index is 1.48. The van der Waals surface area contributed by atoms with Crippen LogP contribution in [0.15, 0.2) is 0 Å². The van der Waals surface area contributed by atoms with E-state index in [9.17, 15) is 65.4 Å². The van der Waals surface area contributed by atoms with Crippen molar-refractivity contribution >= 4 is 17.6 Å². The highest BCUT2D eigenvalue weighted by atomic mass is 16.7. The van der Waals surface area contributed by atoms with Crippen LogP contribution in [0.5, 0.6) is 0 Å². The molecular formula is C35H64N4O19. The minimum Gasteiger partial charge on any atom is -0.394 e. The quantitative estimate of drug-likeness (QED) is 0.0300. The number of hydrogen-bond acceptors (Lipinski definition) is 21. The van der Waals surface area contributed by atoms with Crippen molar-refractivity contribution in [3.8, 4) is 0 Å². The molecule has 0 unspecified atom stereocenters. The summed E-state index contributed by atoms with van der Waals surface area (Å²) in [5.74, 6) is -0.628. The number of nitrogens with one attached hydrogen (secondary N) is 3. The van der Waals surface area contributed by atoms with Crippen LogP contribution in [-0.4, -0.2) is 206 Å². The van der Waals surface area contributed by atoms with Crippen LogP contribution < -0.4 is 21.9 Å². The Labute approximate surface area is 335 Å². The van der Waals surface area contributed by atoms with Crippen LogP contribution in [0.4, 0.5) is 0 Å². The van der Waals surface area contributed by atoms with Crippen LogP contribution in [0.25, 0.3) is 0 Å². The van der Waals surface area contributed by atoms with E-state index in [0.717, 1.165) is 12.8 Å². The zero-order chi connectivity index (χ0) is 42.9. The van der Waals surface area contributed by atoms with Gasteiger partial charge in [-0.15, -0.1) is 0 Å². The zero-order valence-corrected chi connectivity index (χ0v) is 32.6. The van der Waals surface area contributed by atoms with Gasteiger partial charge in [0.1, 0.15) is 79.0 Å². The maximum absolute atomic E-state index is 12.4. The van der Waals surface area contributed by atoms with Crippen molar-refractivity contribution < 1.29 is 93.9 Å². The summed E-state index contributed by atoms with van der Waals surface area (Å²) in [7, 11) is 0. The number of aliphatic hydroxyl groups excluding tert-OH is 10. The molecule has 58 heavy (non-hydrogen) atoms. The fourth-order valence-electron chi connectivity index (χ4n) is 6.55. The Hall–Kier alpha value is -2.11. The molecule has 3 heterocycles. The van der Waals surface area contributed by atoms with Crippen molar-refractivity contribution in [2.75, 3.05) is 39.5 Å². The number of ketones is 1. The number of amides is 2. The number of rotatable bonds is 25. The van der Waals surface area contributed by atoms with Gasteiger partial charge in [0.2, 0.25) is 11.8 Å². The fraction of sp³-hybridized carbons (Fsp3) is 0.914. The second-order valence-corrected chi connectivity index (χ2v) is 14.6. The Morgan fingerprint density at radius 3 is 1.78 bits per heavy atom. The van der Waals surface area contributed by atoms with Crippen LogP contribution in [0.3, 0.4) is 0 Å². The molecule has 0 radical (unpaired) electrons. The topological polar surface area (TPSA) is 371 Å². The van der Waals surface area contributed by atoms with Gasteiger partial charge in [-0.3, -0.25) is 19.8 Å². The molecule has 3 rings (SSSR count). The third-order valence-electron chi connectivity index (χ3n) is 10.1. The van der Waals surface area contributed by atoms with Crippen LogP contribution in [0, 0.1) is 0 Å². The number of hydrogen-bond donors (Lipinski definition) is 14. The average molecular weight is 845 g/mol. The minimum atomic E-state index is -1.90. The first kappa shape index (κ1) is 50.2. The highest BCUT2D eigenvalue weighted by Gasteiger charge is 2.52. The van der Waals surface area contributed by atoms with Gasteiger partial charge in [-0.05, 0) is 39.2 Å². The van der Waals surface area contributed by atoms with Gasteiger partial charge in [0, 0.05) is 19.4 Å². The molecule has 3 saturated heterocycles. The lowest BCUT2D eigenvalue weighted by Gasteiger charge is -2.46. The van der Waals surface area contributed by atoms with E-state index in [1.165, 1.54) is 6.92 Å². The van der Waals surface area contributed by atoms with E-state index in [1.807, 2.05) is 0 Å². The van der Waals surface area contributed by atoms with E-state index in [4.69, 9.17) is 34.2 Å². The predicted molar refractivity (Wildman–Crippen MR) is 194 cm³/mol. The molecule has 15 N–H and O–H groups in total. The van der Waals surface area contributed by atoms with Crippen LogP contribution in [-0.2, 0) is 42.8 Å². The lowest BCUT2D eigenvalue weighted by molar-refractivity contribution is -0.366. The molecule has 3 aliphatic rings. The van der Waals surface area contributed by atoms with Gasteiger partial charge in [-0.1, -0.05) is 19.3 Å². The van der Waals surface area contributed by atoms with Gasteiger partial charge in [0.25, 0.3) is 0 Å². The number of Topliss-reactive ketones (excluding diaryl/α,β-unsaturated/α-hetero) is 1. The standard InChI is InChI=1S/C35H64N4O19/c1-17(42)18(8-6-7-11-36)38-39-23(44)10-5-3-2-4-9-22(43)37-12-13-53-34-31(52)32(58-35-30(51)28(49)25(46)20(15-41)56-35)26(47)21(57-34)16-54-33-29(50)27(48)24(45)19(14-40)55-33/h18-21,24-35,38,40-41,45-52H,2-16,36H2,1H3,(H,37,43)(H,39,44)/t18-,19+,20+,21+,24+,25+,26+,27-,28-,29-,30-,31-,32-,33-,34-,35+/m0/s1. The zero-order valence-electron chi connectivity index (χ0n) is 32.6. The molecule has 2 amide bonds. The fourth-order valence-corrected chi connectivity index (χ4v) is 6.55. The summed E-state index contributed by atoms with van der Waals surface area (Å²) in [5.41, 5.74) is 10.8. The lowest BCUT2D eigenvalue weighted by Crippen LogP contribution is -2.65. The van der Waals surface area contributed by atoms with Crippen molar-refractivity contribution in [3.05, 3.63) is 0 Å². The Morgan fingerprint density at radius 1 is 0.638 bits per heavy atom. The molecule has 0 saturated carbocycles. The number of ether oxygens (including phenoxy) is 6. The van der Waals surface area contributed by atoms with E-state index in [1.54, 1.807) is 0 Å². The molecule has 3 aliphatic heterocycles. The normalized spacial score (nSPS) is 36.0. The third kappa shape index (κ3) is 14.8. The van der Waals surface area contributed by atoms with E-state index >= 15 is 0 Å². The maximum Gasteiger partial charge on any atom is 0.234 e. The van der Waals surface area contributed by atoms with E-state index < -0.39 is 118 Å². The molecule has 0 spiro atoms. The molecule has 0 aromatic heterocycles. The Kier molecular flexibility index (Phi) is 22.2. The summed E-state index contributed by atoms with van der Waals surface area (Å²) in [6, 6.07) is -0.479. The first-order valence-corrected chi connectivity index (χ1v) is 19.7. The lowest BCUT2D eigenvalue weighted by atomic mass is 9.96. The van der Waals surface area contributed by atoms with Crippen LogP contribution in [0.1, 0.15) is 64.7 Å². The minimum absolute atomic E-state index is 0.0428. The van der Waals surface area contributed by atoms with Gasteiger partial charge in [-0.2, -0.15) is 0 Å². The van der Waals surface area contributed by atoms with Gasteiger partial charge in [0.15, 0.2) is 18.9 Å².